The van der Waals surface area contributed by atoms with Gasteiger partial charge >= 0.3 is 0 Å². The predicted molar refractivity (Wildman–Crippen MR) is 170 cm³/mol. The molecule has 214 valence electrons. The highest BCUT2D eigenvalue weighted by molar-refractivity contribution is 6.37. The summed E-state index contributed by atoms with van der Waals surface area (Å²) in [5.41, 5.74) is 4.43. The molecule has 0 spiro atoms. The number of para-hydroxylation sites is 1. The van der Waals surface area contributed by atoms with E-state index in [1.807, 2.05) is 98.9 Å². The van der Waals surface area contributed by atoms with E-state index in [1.54, 1.807) is 4.90 Å². The maximum absolute atomic E-state index is 15.4. The van der Waals surface area contributed by atoms with Gasteiger partial charge in [0, 0.05) is 50.7 Å². The van der Waals surface area contributed by atoms with Crippen molar-refractivity contribution < 1.29 is 14.0 Å². The third kappa shape index (κ3) is 4.33. The fraction of sp³-hybridized carbons (Fsp3) is 0.189. The maximum Gasteiger partial charge on any atom is 0.259 e. The average Bonchev–Trinajstić information content (AvgIpc) is 3.48. The molecule has 1 amide bonds. The Kier molecular flexibility index (Phi) is 6.22. The summed E-state index contributed by atoms with van der Waals surface area (Å²) in [5.74, 6) is -1.02. The normalized spacial score (nSPS) is 19.7. The molecule has 0 aliphatic carbocycles. The van der Waals surface area contributed by atoms with Crippen LogP contribution >= 0.6 is 11.6 Å². The van der Waals surface area contributed by atoms with Crippen LogP contribution < -0.4 is 4.90 Å². The zero-order chi connectivity index (χ0) is 30.1. The lowest BCUT2D eigenvalue weighted by molar-refractivity contribution is -0.114. The van der Waals surface area contributed by atoms with Gasteiger partial charge in [0.15, 0.2) is 5.78 Å². The molecule has 3 heterocycles. The van der Waals surface area contributed by atoms with Crippen molar-refractivity contribution in [2.75, 3.05) is 4.90 Å². The topological polar surface area (TPSA) is 42.3 Å². The van der Waals surface area contributed by atoms with Gasteiger partial charge in [-0.3, -0.25) is 9.59 Å². The quantitative estimate of drug-likeness (QED) is 0.152. The molecule has 0 saturated heterocycles. The van der Waals surface area contributed by atoms with E-state index < -0.39 is 16.8 Å². The molecule has 0 fully saturated rings. The molecule has 7 rings (SSSR count). The van der Waals surface area contributed by atoms with Crippen molar-refractivity contribution in [2.24, 2.45) is 0 Å². The summed E-state index contributed by atoms with van der Waals surface area (Å²) in [6.45, 7) is 6.74. The van der Waals surface area contributed by atoms with Gasteiger partial charge in [-0.1, -0.05) is 79.2 Å². The summed E-state index contributed by atoms with van der Waals surface area (Å²) in [5, 5.41) is 1.43. The van der Waals surface area contributed by atoms with Gasteiger partial charge in [-0.25, -0.2) is 4.39 Å². The number of rotatable bonds is 5. The van der Waals surface area contributed by atoms with Crippen molar-refractivity contribution in [3.8, 4) is 0 Å². The molecule has 1 unspecified atom stereocenters. The molecule has 6 heteroatoms. The van der Waals surface area contributed by atoms with Gasteiger partial charge in [0.25, 0.3) is 5.91 Å². The first kappa shape index (κ1) is 27.4. The first-order valence-corrected chi connectivity index (χ1v) is 14.8. The van der Waals surface area contributed by atoms with Crippen molar-refractivity contribution in [1.82, 2.24) is 4.57 Å². The molecular formula is C37H30ClFN2O2. The lowest BCUT2D eigenvalue weighted by Gasteiger charge is -2.49. The average molecular weight is 589 g/mol. The smallest absolute Gasteiger partial charge is 0.259 e. The second-order valence-corrected chi connectivity index (χ2v) is 12.9. The van der Waals surface area contributed by atoms with Crippen molar-refractivity contribution in [1.29, 1.82) is 0 Å². The second kappa shape index (κ2) is 9.78. The van der Waals surface area contributed by atoms with E-state index in [-0.39, 0.29) is 17.3 Å². The number of hydrogen-bond acceptors (Lipinski definition) is 2. The SMILES string of the molecule is CC1(c2ccc(Cl)cc2)CC(C)(C)N2C(=O)C(=CC(=O)c3cn(Cc4ccccc4)c4ccccc34)c3cc(F)cc1c32. The molecule has 1 aromatic heterocycles. The summed E-state index contributed by atoms with van der Waals surface area (Å²) in [6, 6.07) is 28.4. The Bertz CT molecular complexity index is 1970. The summed E-state index contributed by atoms with van der Waals surface area (Å²) >= 11 is 6.20. The second-order valence-electron chi connectivity index (χ2n) is 12.4. The number of carbonyl (C=O) groups excluding carboxylic acids is 2. The van der Waals surface area contributed by atoms with Crippen molar-refractivity contribution >= 4 is 45.5 Å². The highest BCUT2D eigenvalue weighted by Gasteiger charge is 2.53. The Labute approximate surface area is 255 Å². The van der Waals surface area contributed by atoms with Crippen molar-refractivity contribution in [3.63, 3.8) is 0 Å². The monoisotopic (exact) mass is 588 g/mol. The van der Waals surface area contributed by atoms with E-state index in [2.05, 4.69) is 11.5 Å². The summed E-state index contributed by atoms with van der Waals surface area (Å²) in [7, 11) is 0. The lowest BCUT2D eigenvalue weighted by atomic mass is 9.65. The van der Waals surface area contributed by atoms with E-state index in [0.29, 0.717) is 34.8 Å². The third-order valence-electron chi connectivity index (χ3n) is 9.01. The first-order valence-electron chi connectivity index (χ1n) is 14.4. The Morgan fingerprint density at radius 1 is 0.953 bits per heavy atom. The Morgan fingerprint density at radius 3 is 2.40 bits per heavy atom. The zero-order valence-corrected chi connectivity index (χ0v) is 25.0. The minimum Gasteiger partial charge on any atom is -0.342 e. The number of aromatic nitrogens is 1. The Morgan fingerprint density at radius 2 is 1.65 bits per heavy atom. The maximum atomic E-state index is 15.4. The molecule has 2 aliphatic heterocycles. The predicted octanol–water partition coefficient (Wildman–Crippen LogP) is 8.58. The van der Waals surface area contributed by atoms with Crippen LogP contribution in [0.5, 0.6) is 0 Å². The van der Waals surface area contributed by atoms with Crippen LogP contribution in [0.2, 0.25) is 5.02 Å². The summed E-state index contributed by atoms with van der Waals surface area (Å²) in [4.78, 5) is 29.9. The van der Waals surface area contributed by atoms with Gasteiger partial charge in [0.1, 0.15) is 5.82 Å². The van der Waals surface area contributed by atoms with Gasteiger partial charge in [0.2, 0.25) is 0 Å². The van der Waals surface area contributed by atoms with Crippen LogP contribution in [0.15, 0.2) is 103 Å². The number of allylic oxidation sites excluding steroid dienone is 1. The standard InChI is InChI=1S/C37H30ClFN2O2/c1-36(2)22-37(3,24-13-15-25(38)16-14-24)31-18-26(39)17-28-29(35(43)41(36)34(28)31)19-33(42)30-21-40(20-23-9-5-4-6-10-23)32-12-8-7-11-27(30)32/h4-19,21H,20,22H2,1-3H3. The van der Waals surface area contributed by atoms with Gasteiger partial charge in [-0.15, -0.1) is 0 Å². The van der Waals surface area contributed by atoms with E-state index in [0.717, 1.165) is 27.6 Å². The number of fused-ring (bicyclic) bond motifs is 1. The molecule has 0 saturated carbocycles. The Hall–Kier alpha value is -4.48. The third-order valence-corrected chi connectivity index (χ3v) is 9.27. The Balaban J connectivity index is 1.36. The molecule has 1 atom stereocenters. The zero-order valence-electron chi connectivity index (χ0n) is 24.2. The van der Waals surface area contributed by atoms with Crippen LogP contribution in [0.1, 0.15) is 59.8 Å². The summed E-state index contributed by atoms with van der Waals surface area (Å²) < 4.78 is 17.4. The van der Waals surface area contributed by atoms with Crippen LogP contribution in [0.25, 0.3) is 16.5 Å². The molecule has 5 aromatic rings. The van der Waals surface area contributed by atoms with E-state index in [1.165, 1.54) is 18.2 Å². The highest BCUT2D eigenvalue weighted by atomic mass is 35.5. The van der Waals surface area contributed by atoms with E-state index in [9.17, 15) is 9.59 Å². The van der Waals surface area contributed by atoms with Gasteiger partial charge in [0.05, 0.1) is 11.3 Å². The molecule has 0 N–H and O–H groups in total. The van der Waals surface area contributed by atoms with Crippen LogP contribution in [0, 0.1) is 5.82 Å². The largest absolute Gasteiger partial charge is 0.342 e. The molecule has 2 aliphatic rings. The number of halogens is 2. The lowest BCUT2D eigenvalue weighted by Crippen LogP contribution is -2.54. The van der Waals surface area contributed by atoms with Gasteiger partial charge in [-0.05, 0) is 73.4 Å². The van der Waals surface area contributed by atoms with Crippen LogP contribution in [0.3, 0.4) is 0 Å². The van der Waals surface area contributed by atoms with Crippen molar-refractivity contribution in [2.45, 2.75) is 44.7 Å². The van der Waals surface area contributed by atoms with Crippen molar-refractivity contribution in [3.05, 3.63) is 142 Å². The number of benzene rings is 4. The highest BCUT2D eigenvalue weighted by Crippen LogP contribution is 2.56. The van der Waals surface area contributed by atoms with Gasteiger partial charge < -0.3 is 9.47 Å². The number of ketones is 1. The fourth-order valence-electron chi connectivity index (χ4n) is 7.20. The number of nitrogens with zero attached hydrogens (tertiary/aromatic N) is 2. The van der Waals surface area contributed by atoms with E-state index in [4.69, 9.17) is 11.6 Å². The molecule has 4 nitrogen and oxygen atoms in total. The van der Waals surface area contributed by atoms with Crippen LogP contribution in [0.4, 0.5) is 10.1 Å². The number of anilines is 1. The first-order chi connectivity index (χ1) is 20.6. The number of carbonyl (C=O) groups is 2. The van der Waals surface area contributed by atoms with Crippen LogP contribution in [-0.2, 0) is 16.8 Å². The molecule has 43 heavy (non-hydrogen) atoms. The van der Waals surface area contributed by atoms with Gasteiger partial charge in [-0.2, -0.15) is 0 Å². The number of hydrogen-bond donors (Lipinski definition) is 0. The minimum absolute atomic E-state index is 0.217. The molecular weight excluding hydrogens is 559 g/mol. The molecule has 0 radical (unpaired) electrons. The fourth-order valence-corrected chi connectivity index (χ4v) is 7.32. The number of amides is 1. The summed E-state index contributed by atoms with van der Waals surface area (Å²) in [6.07, 6.45) is 3.82. The van der Waals surface area contributed by atoms with Crippen LogP contribution in [-0.4, -0.2) is 21.8 Å². The molecule has 4 aromatic carbocycles. The molecule has 0 bridgehead atoms. The minimum atomic E-state index is -0.602. The van der Waals surface area contributed by atoms with E-state index >= 15 is 4.39 Å².